The molecule has 0 saturated carbocycles. The van der Waals surface area contributed by atoms with Crippen LogP contribution in [0.25, 0.3) is 0 Å². The fraction of sp³-hybridized carbons (Fsp3) is 0.348. The molecular weight excluding hydrogens is 404 g/mol. The molecule has 3 atom stereocenters. The quantitative estimate of drug-likeness (QED) is 0.763. The van der Waals surface area contributed by atoms with Crippen molar-refractivity contribution in [3.63, 3.8) is 0 Å². The lowest BCUT2D eigenvalue weighted by Crippen LogP contribution is -2.55. The molecule has 31 heavy (non-hydrogen) atoms. The minimum atomic E-state index is -1.04. The number of imide groups is 1. The predicted molar refractivity (Wildman–Crippen MR) is 111 cm³/mol. The molecule has 0 radical (unpaired) electrons. The first kappa shape index (κ1) is 22.6. The van der Waals surface area contributed by atoms with Crippen molar-refractivity contribution in [2.75, 3.05) is 6.54 Å². The van der Waals surface area contributed by atoms with Gasteiger partial charge in [-0.3, -0.25) is 19.3 Å². The smallest absolute Gasteiger partial charge is 0.246 e. The van der Waals surface area contributed by atoms with E-state index < -0.39 is 47.9 Å². The first-order chi connectivity index (χ1) is 14.8. The average molecular weight is 429 g/mol. The SMILES string of the molecule is C[C@H](N)C(=O)N(C(=O)Cc1cc(F)cc(F)c1)[C@H]1CC[C@@H](c2ccccc2)CNC1=O. The Hall–Kier alpha value is -3.13. The summed E-state index contributed by atoms with van der Waals surface area (Å²) in [5.74, 6) is -3.51. The number of benzene rings is 2. The lowest BCUT2D eigenvalue weighted by molar-refractivity contribution is -0.152. The van der Waals surface area contributed by atoms with E-state index in [0.717, 1.165) is 22.6 Å². The van der Waals surface area contributed by atoms with Crippen molar-refractivity contribution in [2.24, 2.45) is 5.73 Å². The molecule has 1 saturated heterocycles. The first-order valence-electron chi connectivity index (χ1n) is 10.2. The molecule has 164 valence electrons. The minimum Gasteiger partial charge on any atom is -0.354 e. The van der Waals surface area contributed by atoms with Crippen LogP contribution in [0, 0.1) is 11.6 Å². The number of nitrogens with two attached hydrogens (primary N) is 1. The van der Waals surface area contributed by atoms with E-state index >= 15 is 0 Å². The van der Waals surface area contributed by atoms with E-state index in [2.05, 4.69) is 5.32 Å². The highest BCUT2D eigenvalue weighted by atomic mass is 19.1. The maximum atomic E-state index is 13.5. The molecule has 1 heterocycles. The van der Waals surface area contributed by atoms with Gasteiger partial charge in [0.05, 0.1) is 12.5 Å². The summed E-state index contributed by atoms with van der Waals surface area (Å²) in [7, 11) is 0. The average Bonchev–Trinajstić information content (AvgIpc) is 2.90. The first-order valence-corrected chi connectivity index (χ1v) is 10.2. The Morgan fingerprint density at radius 3 is 2.39 bits per heavy atom. The van der Waals surface area contributed by atoms with Crippen LogP contribution in [-0.2, 0) is 20.8 Å². The van der Waals surface area contributed by atoms with Gasteiger partial charge in [0, 0.05) is 18.5 Å². The van der Waals surface area contributed by atoms with E-state index in [0.29, 0.717) is 19.0 Å². The Kier molecular flexibility index (Phi) is 7.12. The molecule has 6 nitrogen and oxygen atoms in total. The molecule has 8 heteroatoms. The van der Waals surface area contributed by atoms with Crippen LogP contribution in [0.2, 0.25) is 0 Å². The minimum absolute atomic E-state index is 0.0369. The topological polar surface area (TPSA) is 92.5 Å². The number of nitrogens with one attached hydrogen (secondary N) is 1. The van der Waals surface area contributed by atoms with Crippen LogP contribution in [0.3, 0.4) is 0 Å². The summed E-state index contributed by atoms with van der Waals surface area (Å²) in [6.07, 6.45) is 0.393. The fourth-order valence-electron chi connectivity index (χ4n) is 3.83. The third kappa shape index (κ3) is 5.52. The Bertz CT molecular complexity index is 946. The summed E-state index contributed by atoms with van der Waals surface area (Å²) >= 11 is 0. The number of halogens is 2. The van der Waals surface area contributed by atoms with Gasteiger partial charge < -0.3 is 11.1 Å². The largest absolute Gasteiger partial charge is 0.354 e. The second-order valence-electron chi connectivity index (χ2n) is 7.79. The van der Waals surface area contributed by atoms with E-state index in [9.17, 15) is 23.2 Å². The van der Waals surface area contributed by atoms with Gasteiger partial charge in [0.15, 0.2) is 0 Å². The van der Waals surface area contributed by atoms with Gasteiger partial charge >= 0.3 is 0 Å². The van der Waals surface area contributed by atoms with Crippen molar-refractivity contribution in [2.45, 2.75) is 44.2 Å². The Morgan fingerprint density at radius 2 is 1.77 bits per heavy atom. The second-order valence-corrected chi connectivity index (χ2v) is 7.79. The molecule has 0 spiro atoms. The highest BCUT2D eigenvalue weighted by Gasteiger charge is 2.38. The van der Waals surface area contributed by atoms with Gasteiger partial charge in [0.1, 0.15) is 17.7 Å². The zero-order valence-electron chi connectivity index (χ0n) is 17.2. The number of hydrogen-bond acceptors (Lipinski definition) is 4. The number of carbonyl (C=O) groups excluding carboxylic acids is 3. The number of amides is 3. The Labute approximate surface area is 179 Å². The lowest BCUT2D eigenvalue weighted by Gasteiger charge is -2.29. The van der Waals surface area contributed by atoms with Crippen LogP contribution in [0.5, 0.6) is 0 Å². The zero-order chi connectivity index (χ0) is 22.5. The molecule has 0 unspecified atom stereocenters. The van der Waals surface area contributed by atoms with Crippen LogP contribution in [0.4, 0.5) is 8.78 Å². The number of carbonyl (C=O) groups is 3. The van der Waals surface area contributed by atoms with Gasteiger partial charge in [0.25, 0.3) is 0 Å². The third-order valence-electron chi connectivity index (χ3n) is 5.37. The lowest BCUT2D eigenvalue weighted by atomic mass is 9.93. The highest BCUT2D eigenvalue weighted by Crippen LogP contribution is 2.26. The zero-order valence-corrected chi connectivity index (χ0v) is 17.2. The number of nitrogens with zero attached hydrogens (tertiary/aromatic N) is 1. The van der Waals surface area contributed by atoms with E-state index in [1.807, 2.05) is 30.3 Å². The summed E-state index contributed by atoms with van der Waals surface area (Å²) in [5.41, 5.74) is 6.85. The molecule has 0 bridgehead atoms. The molecule has 1 fully saturated rings. The van der Waals surface area contributed by atoms with E-state index in [4.69, 9.17) is 5.73 Å². The standard InChI is InChI=1S/C23H25F2N3O3/c1-14(26)23(31)28(21(29)11-15-9-18(24)12-19(25)10-15)20-8-7-17(13-27-22(20)30)16-5-3-2-4-6-16/h2-6,9-10,12,14,17,20H,7-8,11,13,26H2,1H3,(H,27,30)/t14-,17+,20-/m0/s1. The Morgan fingerprint density at radius 1 is 1.13 bits per heavy atom. The van der Waals surface area contributed by atoms with Crippen molar-refractivity contribution < 1.29 is 23.2 Å². The summed E-state index contributed by atoms with van der Waals surface area (Å²) in [6, 6.07) is 10.3. The molecule has 1 aliphatic rings. The molecule has 3 amide bonds. The highest BCUT2D eigenvalue weighted by molar-refractivity contribution is 6.02. The van der Waals surface area contributed by atoms with Crippen molar-refractivity contribution in [3.8, 4) is 0 Å². The van der Waals surface area contributed by atoms with Crippen molar-refractivity contribution in [1.29, 1.82) is 0 Å². The van der Waals surface area contributed by atoms with Crippen molar-refractivity contribution >= 4 is 17.7 Å². The number of rotatable bonds is 5. The normalized spacial score (nSPS) is 19.8. The number of hydrogen-bond donors (Lipinski definition) is 2. The monoisotopic (exact) mass is 429 g/mol. The summed E-state index contributed by atoms with van der Waals surface area (Å²) in [5, 5.41) is 2.81. The summed E-state index contributed by atoms with van der Waals surface area (Å²) in [6.45, 7) is 1.80. The maximum Gasteiger partial charge on any atom is 0.246 e. The summed E-state index contributed by atoms with van der Waals surface area (Å²) < 4.78 is 27.1. The third-order valence-corrected chi connectivity index (χ3v) is 5.37. The van der Waals surface area contributed by atoms with Gasteiger partial charge in [-0.1, -0.05) is 30.3 Å². The molecule has 3 rings (SSSR count). The van der Waals surface area contributed by atoms with E-state index in [-0.39, 0.29) is 17.9 Å². The molecule has 0 aliphatic carbocycles. The molecule has 3 N–H and O–H groups in total. The van der Waals surface area contributed by atoms with Crippen LogP contribution < -0.4 is 11.1 Å². The van der Waals surface area contributed by atoms with E-state index in [1.165, 1.54) is 6.92 Å². The summed E-state index contributed by atoms with van der Waals surface area (Å²) in [4.78, 5) is 39.4. The van der Waals surface area contributed by atoms with Gasteiger partial charge in [-0.2, -0.15) is 0 Å². The Balaban J connectivity index is 1.84. The van der Waals surface area contributed by atoms with Crippen LogP contribution in [0.1, 0.15) is 36.8 Å². The van der Waals surface area contributed by atoms with E-state index in [1.54, 1.807) is 0 Å². The molecule has 0 aromatic heterocycles. The van der Waals surface area contributed by atoms with Gasteiger partial charge in [-0.05, 0) is 43.0 Å². The predicted octanol–water partition coefficient (Wildman–Crippen LogP) is 2.27. The fourth-order valence-corrected chi connectivity index (χ4v) is 3.83. The molecule has 2 aromatic carbocycles. The van der Waals surface area contributed by atoms with Gasteiger partial charge in [-0.15, -0.1) is 0 Å². The van der Waals surface area contributed by atoms with Crippen molar-refractivity contribution in [3.05, 3.63) is 71.3 Å². The maximum absolute atomic E-state index is 13.5. The molecule has 1 aliphatic heterocycles. The molecule has 2 aromatic rings. The van der Waals surface area contributed by atoms with Crippen molar-refractivity contribution in [1.82, 2.24) is 10.2 Å². The molecular formula is C23H25F2N3O3. The van der Waals surface area contributed by atoms with Gasteiger partial charge in [-0.25, -0.2) is 8.78 Å². The van der Waals surface area contributed by atoms with Crippen LogP contribution >= 0.6 is 0 Å². The van der Waals surface area contributed by atoms with Crippen LogP contribution in [-0.4, -0.2) is 41.2 Å². The van der Waals surface area contributed by atoms with Gasteiger partial charge in [0.2, 0.25) is 17.7 Å². The van der Waals surface area contributed by atoms with Crippen LogP contribution in [0.15, 0.2) is 48.5 Å². The second kappa shape index (κ2) is 9.78.